The van der Waals surface area contributed by atoms with E-state index in [0.717, 1.165) is 62.6 Å². The normalized spacial score (nSPS) is 21.4. The van der Waals surface area contributed by atoms with E-state index < -0.39 is 17.5 Å². The summed E-state index contributed by atoms with van der Waals surface area (Å²) in [6.45, 7) is 2.80. The molecule has 5 rings (SSSR count). The second-order valence-electron chi connectivity index (χ2n) is 8.78. The quantitative estimate of drug-likeness (QED) is 0.690. The molecular formula is C23H27F3N4O2. The summed E-state index contributed by atoms with van der Waals surface area (Å²) in [5.41, 5.74) is 1.17. The Labute approximate surface area is 185 Å². The summed E-state index contributed by atoms with van der Waals surface area (Å²) in [6.07, 6.45) is 1.70. The van der Waals surface area contributed by atoms with Crippen LogP contribution < -0.4 is 10.2 Å². The van der Waals surface area contributed by atoms with Gasteiger partial charge in [-0.1, -0.05) is 19.3 Å². The number of hydrogen-bond donors (Lipinski definition) is 1. The number of nitrogens with one attached hydrogen (secondary N) is 1. The van der Waals surface area contributed by atoms with Crippen LogP contribution in [0.15, 0.2) is 30.5 Å². The molecule has 9 heteroatoms. The lowest BCUT2D eigenvalue weighted by Gasteiger charge is -2.24. The van der Waals surface area contributed by atoms with E-state index in [1.165, 1.54) is 0 Å². The van der Waals surface area contributed by atoms with Gasteiger partial charge < -0.3 is 19.7 Å². The van der Waals surface area contributed by atoms with Gasteiger partial charge in [-0.15, -0.1) is 0 Å². The van der Waals surface area contributed by atoms with E-state index in [1.54, 1.807) is 0 Å². The van der Waals surface area contributed by atoms with Gasteiger partial charge in [0.15, 0.2) is 5.79 Å². The van der Waals surface area contributed by atoms with Crippen LogP contribution in [0.5, 0.6) is 0 Å². The molecule has 1 N–H and O–H groups in total. The minimum absolute atomic E-state index is 0.116. The van der Waals surface area contributed by atoms with Crippen LogP contribution in [0.25, 0.3) is 0 Å². The van der Waals surface area contributed by atoms with E-state index in [-0.39, 0.29) is 17.6 Å². The summed E-state index contributed by atoms with van der Waals surface area (Å²) >= 11 is 0. The monoisotopic (exact) mass is 448 g/mol. The van der Waals surface area contributed by atoms with E-state index in [0.29, 0.717) is 19.8 Å². The number of ether oxygens (including phenoxy) is 2. The van der Waals surface area contributed by atoms with Crippen LogP contribution in [0.3, 0.4) is 0 Å². The standard InChI is InChI=1S/C23H27F3N4O2/c24-23(25,26)19-14-27-21(29-20(19)16-4-2-1-3-5-16)28-17-6-8-18(9-7-17)30-11-10-22(15-30)31-12-13-32-22/h6-9,14,16H,1-5,10-13,15H2,(H,27,28,29). The molecule has 1 aromatic heterocycles. The molecule has 1 aliphatic carbocycles. The third-order valence-electron chi connectivity index (χ3n) is 6.61. The fourth-order valence-electron chi connectivity index (χ4n) is 4.95. The average Bonchev–Trinajstić information content (AvgIpc) is 3.44. The number of nitrogens with zero attached hydrogens (tertiary/aromatic N) is 3. The first-order valence-electron chi connectivity index (χ1n) is 11.3. The highest BCUT2D eigenvalue weighted by atomic mass is 19.4. The van der Waals surface area contributed by atoms with Gasteiger partial charge in [-0.2, -0.15) is 13.2 Å². The summed E-state index contributed by atoms with van der Waals surface area (Å²) in [4.78, 5) is 10.5. The van der Waals surface area contributed by atoms with Gasteiger partial charge in [0.05, 0.1) is 31.0 Å². The highest BCUT2D eigenvalue weighted by Gasteiger charge is 2.43. The summed E-state index contributed by atoms with van der Waals surface area (Å²) in [5.74, 6) is -0.464. The Morgan fingerprint density at radius 1 is 1.03 bits per heavy atom. The van der Waals surface area contributed by atoms with Crippen molar-refractivity contribution in [1.82, 2.24) is 9.97 Å². The third kappa shape index (κ3) is 4.41. The number of aromatic nitrogens is 2. The predicted octanol–water partition coefficient (Wildman–Crippen LogP) is 5.24. The molecule has 3 heterocycles. The van der Waals surface area contributed by atoms with Crippen molar-refractivity contribution in [2.45, 2.75) is 56.4 Å². The molecule has 32 heavy (non-hydrogen) atoms. The number of halogens is 3. The molecule has 1 saturated carbocycles. The number of alkyl halides is 3. The van der Waals surface area contributed by atoms with Crippen LogP contribution in [0, 0.1) is 0 Å². The van der Waals surface area contributed by atoms with Crippen molar-refractivity contribution in [2.24, 2.45) is 0 Å². The Hall–Kier alpha value is -2.39. The maximum absolute atomic E-state index is 13.5. The molecule has 1 spiro atoms. The minimum atomic E-state index is -4.45. The fraction of sp³-hybridized carbons (Fsp3) is 0.565. The van der Waals surface area contributed by atoms with Crippen molar-refractivity contribution in [3.8, 4) is 0 Å². The lowest BCUT2D eigenvalue weighted by molar-refractivity contribution is -0.139. The van der Waals surface area contributed by atoms with Crippen LogP contribution in [0.4, 0.5) is 30.5 Å². The number of rotatable bonds is 4. The topological polar surface area (TPSA) is 59.5 Å². The van der Waals surface area contributed by atoms with Crippen LogP contribution in [0.2, 0.25) is 0 Å². The van der Waals surface area contributed by atoms with Gasteiger partial charge in [0.2, 0.25) is 5.95 Å². The molecule has 2 saturated heterocycles. The van der Waals surface area contributed by atoms with Gasteiger partial charge in [0.1, 0.15) is 0 Å². The molecule has 0 amide bonds. The molecule has 3 fully saturated rings. The second-order valence-corrected chi connectivity index (χ2v) is 8.78. The van der Waals surface area contributed by atoms with Gasteiger partial charge in [-0.05, 0) is 37.1 Å². The van der Waals surface area contributed by atoms with Crippen LogP contribution in [-0.4, -0.2) is 42.1 Å². The zero-order valence-electron chi connectivity index (χ0n) is 17.8. The average molecular weight is 448 g/mol. The smallest absolute Gasteiger partial charge is 0.366 e. The molecule has 0 radical (unpaired) electrons. The first-order chi connectivity index (χ1) is 15.4. The van der Waals surface area contributed by atoms with Gasteiger partial charge in [-0.3, -0.25) is 0 Å². The van der Waals surface area contributed by atoms with Crippen molar-refractivity contribution in [3.63, 3.8) is 0 Å². The Balaban J connectivity index is 1.31. The van der Waals surface area contributed by atoms with E-state index in [9.17, 15) is 13.2 Å². The Bertz CT molecular complexity index is 939. The zero-order valence-corrected chi connectivity index (χ0v) is 17.8. The SMILES string of the molecule is FC(F)(F)c1cnc(Nc2ccc(N3CCC4(C3)OCCO4)cc2)nc1C1CCCCC1. The number of anilines is 3. The molecule has 2 aliphatic heterocycles. The van der Waals surface area contributed by atoms with Crippen molar-refractivity contribution in [1.29, 1.82) is 0 Å². The highest BCUT2D eigenvalue weighted by molar-refractivity contribution is 5.60. The Morgan fingerprint density at radius 2 is 1.75 bits per heavy atom. The van der Waals surface area contributed by atoms with Crippen molar-refractivity contribution in [2.75, 3.05) is 36.5 Å². The van der Waals surface area contributed by atoms with Gasteiger partial charge in [0.25, 0.3) is 0 Å². The molecule has 0 atom stereocenters. The molecule has 3 aliphatic rings. The lowest BCUT2D eigenvalue weighted by atomic mass is 9.85. The lowest BCUT2D eigenvalue weighted by Crippen LogP contribution is -2.34. The van der Waals surface area contributed by atoms with Crippen molar-refractivity contribution in [3.05, 3.63) is 41.7 Å². The second kappa shape index (κ2) is 8.51. The molecule has 0 bridgehead atoms. The van der Waals surface area contributed by atoms with Crippen molar-refractivity contribution >= 4 is 17.3 Å². The van der Waals surface area contributed by atoms with E-state index in [4.69, 9.17) is 9.47 Å². The van der Waals surface area contributed by atoms with Crippen LogP contribution in [0.1, 0.15) is 55.7 Å². The van der Waals surface area contributed by atoms with Crippen LogP contribution >= 0.6 is 0 Å². The molecular weight excluding hydrogens is 421 g/mol. The summed E-state index contributed by atoms with van der Waals surface area (Å²) in [7, 11) is 0. The summed E-state index contributed by atoms with van der Waals surface area (Å²) in [5, 5.41) is 3.07. The largest absolute Gasteiger partial charge is 0.419 e. The molecule has 2 aromatic rings. The summed E-state index contributed by atoms with van der Waals surface area (Å²) < 4.78 is 52.2. The summed E-state index contributed by atoms with van der Waals surface area (Å²) in [6, 6.07) is 7.72. The van der Waals surface area contributed by atoms with Gasteiger partial charge in [-0.25, -0.2) is 9.97 Å². The van der Waals surface area contributed by atoms with Gasteiger partial charge in [0, 0.05) is 36.5 Å². The Kier molecular flexibility index (Phi) is 5.71. The molecule has 0 unspecified atom stereocenters. The van der Waals surface area contributed by atoms with Crippen molar-refractivity contribution < 1.29 is 22.6 Å². The van der Waals surface area contributed by atoms with E-state index in [2.05, 4.69) is 20.2 Å². The molecule has 1 aromatic carbocycles. The zero-order chi connectivity index (χ0) is 22.2. The molecule has 172 valence electrons. The molecule has 6 nitrogen and oxygen atoms in total. The third-order valence-corrected chi connectivity index (χ3v) is 6.61. The van der Waals surface area contributed by atoms with E-state index in [1.807, 2.05) is 24.3 Å². The number of hydrogen-bond acceptors (Lipinski definition) is 6. The minimum Gasteiger partial charge on any atom is -0.366 e. The fourth-order valence-corrected chi connectivity index (χ4v) is 4.95. The van der Waals surface area contributed by atoms with Crippen LogP contribution in [-0.2, 0) is 15.7 Å². The first-order valence-corrected chi connectivity index (χ1v) is 11.3. The maximum atomic E-state index is 13.5. The number of benzene rings is 1. The van der Waals surface area contributed by atoms with E-state index >= 15 is 0 Å². The van der Waals surface area contributed by atoms with Gasteiger partial charge >= 0.3 is 6.18 Å². The maximum Gasteiger partial charge on any atom is 0.419 e. The highest BCUT2D eigenvalue weighted by Crippen LogP contribution is 2.40. The predicted molar refractivity (Wildman–Crippen MR) is 114 cm³/mol. The Morgan fingerprint density at radius 3 is 2.44 bits per heavy atom. The first kappa shape index (κ1) is 21.5.